The lowest BCUT2D eigenvalue weighted by Gasteiger charge is -2.16. The maximum atomic E-state index is 10.4. The van der Waals surface area contributed by atoms with Crippen LogP contribution in [0.4, 0.5) is 0 Å². The van der Waals surface area contributed by atoms with Gasteiger partial charge >= 0.3 is 5.97 Å². The highest BCUT2D eigenvalue weighted by atomic mass is 16.4. The van der Waals surface area contributed by atoms with E-state index in [1.54, 1.807) is 0 Å². The first kappa shape index (κ1) is 12.7. The first-order valence-electron chi connectivity index (χ1n) is 5.59. The summed E-state index contributed by atoms with van der Waals surface area (Å²) >= 11 is 0. The Kier molecular flexibility index (Phi) is 4.99. The largest absolute Gasteiger partial charge is 0.481 e. The number of hydrogen-bond donors (Lipinski definition) is 2. The van der Waals surface area contributed by atoms with E-state index in [1.165, 1.54) is 11.1 Å². The molecule has 16 heavy (non-hydrogen) atoms. The third-order valence-electron chi connectivity index (χ3n) is 2.68. The number of carbonyl (C=O) groups is 1. The predicted molar refractivity (Wildman–Crippen MR) is 64.5 cm³/mol. The second-order valence-electron chi connectivity index (χ2n) is 4.04. The van der Waals surface area contributed by atoms with Crippen LogP contribution in [0.15, 0.2) is 24.3 Å². The molecule has 1 unspecified atom stereocenters. The first-order valence-corrected chi connectivity index (χ1v) is 5.59. The van der Waals surface area contributed by atoms with Crippen molar-refractivity contribution in [1.82, 2.24) is 5.32 Å². The molecule has 2 N–H and O–H groups in total. The van der Waals surface area contributed by atoms with E-state index < -0.39 is 5.97 Å². The molecule has 0 radical (unpaired) electrons. The van der Waals surface area contributed by atoms with Gasteiger partial charge in [-0.15, -0.1) is 0 Å². The van der Waals surface area contributed by atoms with E-state index in [2.05, 4.69) is 30.4 Å². The first-order chi connectivity index (χ1) is 7.63. The third kappa shape index (κ3) is 4.03. The number of aryl methyl sites for hydroxylation is 1. The summed E-state index contributed by atoms with van der Waals surface area (Å²) in [5.74, 6) is -0.723. The number of rotatable bonds is 6. The van der Waals surface area contributed by atoms with E-state index in [9.17, 15) is 4.79 Å². The van der Waals surface area contributed by atoms with Gasteiger partial charge in [-0.25, -0.2) is 0 Å². The highest BCUT2D eigenvalue weighted by molar-refractivity contribution is 5.66. The van der Waals surface area contributed by atoms with Gasteiger partial charge in [0.15, 0.2) is 0 Å². The zero-order valence-electron chi connectivity index (χ0n) is 9.86. The van der Waals surface area contributed by atoms with Crippen LogP contribution in [0.1, 0.15) is 36.4 Å². The third-order valence-corrected chi connectivity index (χ3v) is 2.68. The van der Waals surface area contributed by atoms with E-state index >= 15 is 0 Å². The number of hydrogen-bond acceptors (Lipinski definition) is 2. The molecule has 1 rings (SSSR count). The zero-order chi connectivity index (χ0) is 12.0. The fraction of sp³-hybridized carbons (Fsp3) is 0.462. The van der Waals surface area contributed by atoms with Gasteiger partial charge in [0.2, 0.25) is 0 Å². The van der Waals surface area contributed by atoms with Crippen molar-refractivity contribution in [1.29, 1.82) is 0 Å². The average Bonchev–Trinajstić information content (AvgIpc) is 2.24. The molecular weight excluding hydrogens is 202 g/mol. The minimum absolute atomic E-state index is 0.240. The lowest BCUT2D eigenvalue weighted by molar-refractivity contribution is -0.137. The van der Waals surface area contributed by atoms with Crippen LogP contribution in [0.5, 0.6) is 0 Å². The standard InChI is InChI=1S/C13H19NO2/c1-10-5-3-6-11(9-10)12(14-2)7-4-8-13(15)16/h3,5-6,9,12,14H,4,7-8H2,1-2H3,(H,15,16). The van der Waals surface area contributed by atoms with Crippen LogP contribution in [-0.2, 0) is 4.79 Å². The number of nitrogens with one attached hydrogen (secondary N) is 1. The topological polar surface area (TPSA) is 49.3 Å². The van der Waals surface area contributed by atoms with Crippen LogP contribution < -0.4 is 5.32 Å². The Balaban J connectivity index is 2.57. The van der Waals surface area contributed by atoms with Gasteiger partial charge in [0.25, 0.3) is 0 Å². The second-order valence-corrected chi connectivity index (χ2v) is 4.04. The average molecular weight is 221 g/mol. The molecule has 1 atom stereocenters. The van der Waals surface area contributed by atoms with Gasteiger partial charge in [-0.05, 0) is 32.4 Å². The summed E-state index contributed by atoms with van der Waals surface area (Å²) in [7, 11) is 1.91. The number of aliphatic carboxylic acids is 1. The van der Waals surface area contributed by atoms with Crippen molar-refractivity contribution in [3.8, 4) is 0 Å². The van der Waals surface area contributed by atoms with Gasteiger partial charge in [0.05, 0.1) is 0 Å². The molecule has 0 aliphatic rings. The summed E-state index contributed by atoms with van der Waals surface area (Å²) < 4.78 is 0. The molecule has 1 aromatic rings. The van der Waals surface area contributed by atoms with Crippen molar-refractivity contribution in [3.05, 3.63) is 35.4 Å². The van der Waals surface area contributed by atoms with Crippen LogP contribution >= 0.6 is 0 Å². The van der Waals surface area contributed by atoms with Gasteiger partial charge < -0.3 is 10.4 Å². The van der Waals surface area contributed by atoms with Gasteiger partial charge in [0, 0.05) is 12.5 Å². The van der Waals surface area contributed by atoms with Crippen molar-refractivity contribution in [2.24, 2.45) is 0 Å². The Hall–Kier alpha value is -1.35. The fourth-order valence-corrected chi connectivity index (χ4v) is 1.82. The van der Waals surface area contributed by atoms with Gasteiger partial charge in [-0.2, -0.15) is 0 Å². The molecule has 0 saturated carbocycles. The van der Waals surface area contributed by atoms with Crippen LogP contribution in [0.2, 0.25) is 0 Å². The summed E-state index contributed by atoms with van der Waals surface area (Å²) in [5, 5.41) is 11.8. The maximum Gasteiger partial charge on any atom is 0.303 e. The van der Waals surface area contributed by atoms with E-state index in [0.717, 1.165) is 6.42 Å². The molecule has 88 valence electrons. The molecule has 0 fully saturated rings. The highest BCUT2D eigenvalue weighted by Gasteiger charge is 2.09. The molecule has 0 aliphatic carbocycles. The lowest BCUT2D eigenvalue weighted by Crippen LogP contribution is -2.16. The van der Waals surface area contributed by atoms with Crippen LogP contribution in [0, 0.1) is 6.92 Å². The number of carboxylic acids is 1. The van der Waals surface area contributed by atoms with Crippen molar-refractivity contribution in [3.63, 3.8) is 0 Å². The Labute approximate surface area is 96.5 Å². The summed E-state index contributed by atoms with van der Waals surface area (Å²) in [6.07, 6.45) is 1.80. The van der Waals surface area contributed by atoms with Gasteiger partial charge in [0.1, 0.15) is 0 Å². The normalized spacial score (nSPS) is 12.4. The number of benzene rings is 1. The van der Waals surface area contributed by atoms with Crippen molar-refractivity contribution >= 4 is 5.97 Å². The molecule has 1 aromatic carbocycles. The molecule has 0 aromatic heterocycles. The highest BCUT2D eigenvalue weighted by Crippen LogP contribution is 2.19. The van der Waals surface area contributed by atoms with Crippen molar-refractivity contribution in [2.75, 3.05) is 7.05 Å². The summed E-state index contributed by atoms with van der Waals surface area (Å²) in [4.78, 5) is 10.4. The summed E-state index contributed by atoms with van der Waals surface area (Å²) in [5.41, 5.74) is 2.46. The molecule has 0 amide bonds. The van der Waals surface area contributed by atoms with E-state index in [1.807, 2.05) is 13.1 Å². The van der Waals surface area contributed by atoms with Gasteiger partial charge in [-0.3, -0.25) is 4.79 Å². The molecule has 0 aliphatic heterocycles. The van der Waals surface area contributed by atoms with E-state index in [4.69, 9.17) is 5.11 Å². The van der Waals surface area contributed by atoms with Crippen molar-refractivity contribution < 1.29 is 9.90 Å². The zero-order valence-corrected chi connectivity index (χ0v) is 9.86. The molecule has 0 spiro atoms. The molecule has 0 saturated heterocycles. The summed E-state index contributed by atoms with van der Waals surface area (Å²) in [6.45, 7) is 2.06. The van der Waals surface area contributed by atoms with Crippen LogP contribution in [0.3, 0.4) is 0 Å². The molecular formula is C13H19NO2. The fourth-order valence-electron chi connectivity index (χ4n) is 1.82. The summed E-state index contributed by atoms with van der Waals surface area (Å²) in [6, 6.07) is 8.57. The van der Waals surface area contributed by atoms with E-state index in [-0.39, 0.29) is 12.5 Å². The maximum absolute atomic E-state index is 10.4. The Morgan fingerprint density at radius 1 is 1.50 bits per heavy atom. The molecule has 3 nitrogen and oxygen atoms in total. The molecule has 3 heteroatoms. The quantitative estimate of drug-likeness (QED) is 0.776. The lowest BCUT2D eigenvalue weighted by atomic mass is 9.99. The Morgan fingerprint density at radius 2 is 2.25 bits per heavy atom. The van der Waals surface area contributed by atoms with E-state index in [0.29, 0.717) is 6.42 Å². The number of carboxylic acid groups (broad SMARTS) is 1. The minimum atomic E-state index is -0.723. The monoisotopic (exact) mass is 221 g/mol. The Bertz CT molecular complexity index is 350. The second kappa shape index (κ2) is 6.28. The van der Waals surface area contributed by atoms with Crippen molar-refractivity contribution in [2.45, 2.75) is 32.2 Å². The van der Waals surface area contributed by atoms with Crippen LogP contribution in [-0.4, -0.2) is 18.1 Å². The minimum Gasteiger partial charge on any atom is -0.481 e. The Morgan fingerprint density at radius 3 is 2.81 bits per heavy atom. The van der Waals surface area contributed by atoms with Crippen LogP contribution in [0.25, 0.3) is 0 Å². The van der Waals surface area contributed by atoms with Gasteiger partial charge in [-0.1, -0.05) is 29.8 Å². The molecule has 0 bridgehead atoms. The smallest absolute Gasteiger partial charge is 0.303 e. The SMILES string of the molecule is CNC(CCCC(=O)O)c1cccc(C)c1. The predicted octanol–water partition coefficient (Wildman–Crippen LogP) is 2.51. The molecule has 0 heterocycles.